The van der Waals surface area contributed by atoms with Gasteiger partial charge in [-0.25, -0.2) is 0 Å². The normalized spacial score (nSPS) is 29.9. The fourth-order valence-corrected chi connectivity index (χ4v) is 2.89. The minimum Gasteiger partial charge on any atom is -0.460 e. The SMILES string of the molecule is C[C@H]1CCCC(C)(C)[C@@H]1C(=O)OC(C)(C)C. The molecule has 0 aromatic rings. The molecule has 94 valence electrons. The van der Waals surface area contributed by atoms with E-state index in [1.807, 2.05) is 20.8 Å². The van der Waals surface area contributed by atoms with Gasteiger partial charge >= 0.3 is 5.97 Å². The topological polar surface area (TPSA) is 26.3 Å². The van der Waals surface area contributed by atoms with E-state index >= 15 is 0 Å². The largest absolute Gasteiger partial charge is 0.460 e. The van der Waals surface area contributed by atoms with Crippen molar-refractivity contribution in [3.63, 3.8) is 0 Å². The lowest BCUT2D eigenvalue weighted by molar-refractivity contribution is -0.169. The van der Waals surface area contributed by atoms with Crippen molar-refractivity contribution in [1.82, 2.24) is 0 Å². The quantitative estimate of drug-likeness (QED) is 0.636. The van der Waals surface area contributed by atoms with E-state index in [1.165, 1.54) is 6.42 Å². The zero-order valence-corrected chi connectivity index (χ0v) is 11.6. The first-order chi connectivity index (χ1) is 7.13. The second kappa shape index (κ2) is 4.38. The summed E-state index contributed by atoms with van der Waals surface area (Å²) in [5.41, 5.74) is -0.287. The number of hydrogen-bond acceptors (Lipinski definition) is 2. The van der Waals surface area contributed by atoms with E-state index in [0.717, 1.165) is 12.8 Å². The van der Waals surface area contributed by atoms with E-state index in [4.69, 9.17) is 4.74 Å². The van der Waals surface area contributed by atoms with Crippen LogP contribution in [0.5, 0.6) is 0 Å². The molecular weight excluding hydrogens is 200 g/mol. The molecule has 2 heteroatoms. The highest BCUT2D eigenvalue weighted by atomic mass is 16.6. The summed E-state index contributed by atoms with van der Waals surface area (Å²) >= 11 is 0. The first-order valence-electron chi connectivity index (χ1n) is 6.36. The Balaban J connectivity index is 2.79. The third kappa shape index (κ3) is 3.23. The van der Waals surface area contributed by atoms with Gasteiger partial charge in [-0.3, -0.25) is 4.79 Å². The summed E-state index contributed by atoms with van der Waals surface area (Å²) in [5.74, 6) is 0.490. The van der Waals surface area contributed by atoms with E-state index in [2.05, 4.69) is 20.8 Å². The Bertz CT molecular complexity index is 260. The van der Waals surface area contributed by atoms with Gasteiger partial charge in [0, 0.05) is 0 Å². The van der Waals surface area contributed by atoms with Crippen LogP contribution < -0.4 is 0 Å². The van der Waals surface area contributed by atoms with Gasteiger partial charge in [0.1, 0.15) is 5.60 Å². The van der Waals surface area contributed by atoms with Crippen molar-refractivity contribution in [2.24, 2.45) is 17.3 Å². The molecule has 0 bridgehead atoms. The third-order valence-corrected chi connectivity index (χ3v) is 3.55. The first kappa shape index (κ1) is 13.5. The molecule has 0 unspecified atom stereocenters. The average molecular weight is 226 g/mol. The summed E-state index contributed by atoms with van der Waals surface area (Å²) in [6.45, 7) is 12.4. The lowest BCUT2D eigenvalue weighted by Gasteiger charge is -2.42. The maximum atomic E-state index is 12.2. The summed E-state index contributed by atoms with van der Waals surface area (Å²) in [7, 11) is 0. The average Bonchev–Trinajstić information content (AvgIpc) is 1.97. The van der Waals surface area contributed by atoms with Gasteiger partial charge in [0.25, 0.3) is 0 Å². The highest BCUT2D eigenvalue weighted by molar-refractivity contribution is 5.74. The summed E-state index contributed by atoms with van der Waals surface area (Å²) in [6.07, 6.45) is 3.50. The van der Waals surface area contributed by atoms with E-state index in [9.17, 15) is 4.79 Å². The van der Waals surface area contributed by atoms with Crippen LogP contribution in [0.25, 0.3) is 0 Å². The van der Waals surface area contributed by atoms with Gasteiger partial charge in [0.15, 0.2) is 0 Å². The third-order valence-electron chi connectivity index (χ3n) is 3.55. The standard InChI is InChI=1S/C14H26O2/c1-10-8-7-9-14(5,6)11(10)12(15)16-13(2,3)4/h10-11H,7-9H2,1-6H3/t10-,11-/m0/s1. The Kier molecular flexibility index (Phi) is 3.71. The highest BCUT2D eigenvalue weighted by Crippen LogP contribution is 2.44. The molecule has 0 saturated heterocycles. The van der Waals surface area contributed by atoms with Crippen LogP contribution in [0.3, 0.4) is 0 Å². The summed E-state index contributed by atoms with van der Waals surface area (Å²) in [5, 5.41) is 0. The van der Waals surface area contributed by atoms with Crippen molar-refractivity contribution in [3.8, 4) is 0 Å². The maximum absolute atomic E-state index is 12.2. The maximum Gasteiger partial charge on any atom is 0.310 e. The fraction of sp³-hybridized carbons (Fsp3) is 0.929. The van der Waals surface area contributed by atoms with Crippen LogP contribution in [0.4, 0.5) is 0 Å². The second-order valence-corrected chi connectivity index (χ2v) is 6.87. The van der Waals surface area contributed by atoms with Gasteiger partial charge in [-0.05, 0) is 44.9 Å². The molecule has 2 atom stereocenters. The van der Waals surface area contributed by atoms with Crippen LogP contribution in [0, 0.1) is 17.3 Å². The number of hydrogen-bond donors (Lipinski definition) is 0. The second-order valence-electron chi connectivity index (χ2n) is 6.87. The molecule has 1 aliphatic rings. The number of carbonyl (C=O) groups is 1. The molecule has 0 aromatic heterocycles. The van der Waals surface area contributed by atoms with Gasteiger partial charge in [0.2, 0.25) is 0 Å². The molecule has 1 aliphatic carbocycles. The van der Waals surface area contributed by atoms with Crippen molar-refractivity contribution >= 4 is 5.97 Å². The van der Waals surface area contributed by atoms with Crippen molar-refractivity contribution in [1.29, 1.82) is 0 Å². The molecule has 0 radical (unpaired) electrons. The minimum absolute atomic E-state index is 0.00954. The van der Waals surface area contributed by atoms with Crippen LogP contribution >= 0.6 is 0 Å². The Morgan fingerprint density at radius 1 is 1.31 bits per heavy atom. The predicted octanol–water partition coefficient (Wildman–Crippen LogP) is 3.79. The molecule has 0 heterocycles. The van der Waals surface area contributed by atoms with Gasteiger partial charge < -0.3 is 4.74 Å². The zero-order valence-electron chi connectivity index (χ0n) is 11.6. The van der Waals surface area contributed by atoms with Crippen LogP contribution in [0.15, 0.2) is 0 Å². The predicted molar refractivity (Wildman–Crippen MR) is 66.1 cm³/mol. The summed E-state index contributed by atoms with van der Waals surface area (Å²) in [4.78, 5) is 12.2. The van der Waals surface area contributed by atoms with Gasteiger partial charge in [-0.1, -0.05) is 27.2 Å². The van der Waals surface area contributed by atoms with Crippen molar-refractivity contribution in [2.45, 2.75) is 66.4 Å². The van der Waals surface area contributed by atoms with Gasteiger partial charge in [-0.2, -0.15) is 0 Å². The number of carbonyl (C=O) groups excluding carboxylic acids is 1. The van der Waals surface area contributed by atoms with E-state index in [-0.39, 0.29) is 22.9 Å². The number of esters is 1. The Hall–Kier alpha value is -0.530. The van der Waals surface area contributed by atoms with Crippen molar-refractivity contribution in [2.75, 3.05) is 0 Å². The molecule has 1 rings (SSSR count). The molecule has 0 amide bonds. The van der Waals surface area contributed by atoms with Crippen LogP contribution in [0.2, 0.25) is 0 Å². The Morgan fingerprint density at radius 2 is 1.88 bits per heavy atom. The number of ether oxygens (including phenoxy) is 1. The van der Waals surface area contributed by atoms with Gasteiger partial charge in [-0.15, -0.1) is 0 Å². The molecule has 0 aromatic carbocycles. The van der Waals surface area contributed by atoms with Crippen molar-refractivity contribution < 1.29 is 9.53 Å². The van der Waals surface area contributed by atoms with Crippen molar-refractivity contribution in [3.05, 3.63) is 0 Å². The molecule has 16 heavy (non-hydrogen) atoms. The van der Waals surface area contributed by atoms with E-state index in [1.54, 1.807) is 0 Å². The lowest BCUT2D eigenvalue weighted by Crippen LogP contribution is -2.42. The molecule has 0 N–H and O–H groups in total. The minimum atomic E-state index is -0.371. The molecule has 2 nitrogen and oxygen atoms in total. The molecule has 0 spiro atoms. The molecule has 1 fully saturated rings. The van der Waals surface area contributed by atoms with Crippen LogP contribution in [-0.2, 0) is 9.53 Å². The molecule has 0 aliphatic heterocycles. The van der Waals surface area contributed by atoms with Crippen LogP contribution in [0.1, 0.15) is 60.8 Å². The first-order valence-corrected chi connectivity index (χ1v) is 6.36. The molecular formula is C14H26O2. The smallest absolute Gasteiger partial charge is 0.310 e. The van der Waals surface area contributed by atoms with E-state index in [0.29, 0.717) is 5.92 Å². The Morgan fingerprint density at radius 3 is 2.31 bits per heavy atom. The number of rotatable bonds is 1. The van der Waals surface area contributed by atoms with Crippen LogP contribution in [-0.4, -0.2) is 11.6 Å². The summed E-state index contributed by atoms with van der Waals surface area (Å²) in [6, 6.07) is 0. The molecule has 1 saturated carbocycles. The Labute approximate surface area is 99.8 Å². The van der Waals surface area contributed by atoms with Gasteiger partial charge in [0.05, 0.1) is 5.92 Å². The summed E-state index contributed by atoms with van der Waals surface area (Å²) < 4.78 is 5.54. The van der Waals surface area contributed by atoms with E-state index < -0.39 is 0 Å². The zero-order chi connectivity index (χ0) is 12.6. The fourth-order valence-electron chi connectivity index (χ4n) is 2.89. The lowest BCUT2D eigenvalue weighted by atomic mass is 9.64. The highest BCUT2D eigenvalue weighted by Gasteiger charge is 2.43. The monoisotopic (exact) mass is 226 g/mol.